The van der Waals surface area contributed by atoms with Crippen LogP contribution in [-0.4, -0.2) is 35.5 Å². The molecule has 0 fully saturated rings. The molecule has 0 N–H and O–H groups in total. The summed E-state index contributed by atoms with van der Waals surface area (Å²) < 4.78 is 5.28. The highest BCUT2D eigenvalue weighted by atomic mass is 35.5. The van der Waals surface area contributed by atoms with Crippen molar-refractivity contribution in [3.05, 3.63) is 12.4 Å². The molecule has 15 heavy (non-hydrogen) atoms. The lowest BCUT2D eigenvalue weighted by Gasteiger charge is -2.23. The van der Waals surface area contributed by atoms with Crippen LogP contribution in [0.3, 0.4) is 0 Å². The van der Waals surface area contributed by atoms with Crippen LogP contribution in [0.2, 0.25) is 0 Å². The quantitative estimate of drug-likeness (QED) is 0.724. The molecule has 0 aliphatic rings. The van der Waals surface area contributed by atoms with E-state index in [9.17, 15) is 0 Å². The van der Waals surface area contributed by atoms with Crippen LogP contribution in [0.15, 0.2) is 12.4 Å². The molecule has 0 spiro atoms. The normalized spacial score (nSPS) is 12.3. The molecule has 0 aliphatic heterocycles. The third-order valence-electron chi connectivity index (χ3n) is 2.14. The summed E-state index contributed by atoms with van der Waals surface area (Å²) in [6, 6.07) is 0.220. The van der Waals surface area contributed by atoms with Gasteiger partial charge in [-0.25, -0.2) is 0 Å². The molecule has 0 saturated heterocycles. The van der Waals surface area contributed by atoms with E-state index in [1.165, 1.54) is 0 Å². The van der Waals surface area contributed by atoms with E-state index < -0.39 is 0 Å². The van der Waals surface area contributed by atoms with Crippen LogP contribution in [0, 0.1) is 0 Å². The van der Waals surface area contributed by atoms with Crippen molar-refractivity contribution in [3.63, 3.8) is 0 Å². The van der Waals surface area contributed by atoms with E-state index in [0.29, 0.717) is 18.4 Å². The van der Waals surface area contributed by atoms with E-state index in [2.05, 4.69) is 9.97 Å². The summed E-state index contributed by atoms with van der Waals surface area (Å²) in [5, 5.41) is 0. The first-order valence-electron chi connectivity index (χ1n) is 4.92. The molecular formula is C10H16ClN3O. The highest BCUT2D eigenvalue weighted by Gasteiger charge is 2.10. The van der Waals surface area contributed by atoms with Crippen LogP contribution >= 0.6 is 11.6 Å². The molecule has 1 heterocycles. The van der Waals surface area contributed by atoms with Crippen molar-refractivity contribution in [2.45, 2.75) is 19.9 Å². The Labute approximate surface area is 95.2 Å². The minimum absolute atomic E-state index is 0.220. The van der Waals surface area contributed by atoms with Crippen molar-refractivity contribution in [3.8, 4) is 5.88 Å². The second-order valence-electron chi connectivity index (χ2n) is 3.26. The molecule has 0 radical (unpaired) electrons. The largest absolute Gasteiger partial charge is 0.477 e. The molecule has 4 nitrogen and oxygen atoms in total. The highest BCUT2D eigenvalue weighted by Crippen LogP contribution is 2.15. The Bertz CT molecular complexity index is 308. The Hall–Kier alpha value is -1.03. The third-order valence-corrected chi connectivity index (χ3v) is 2.58. The van der Waals surface area contributed by atoms with Gasteiger partial charge < -0.3 is 9.64 Å². The molecule has 1 aromatic heterocycles. The number of aromatic nitrogens is 2. The lowest BCUT2D eigenvalue weighted by molar-refractivity contribution is 0.325. The molecule has 1 rings (SSSR count). The maximum Gasteiger partial charge on any atom is 0.234 e. The van der Waals surface area contributed by atoms with Crippen molar-refractivity contribution >= 4 is 17.4 Å². The predicted octanol–water partition coefficient (Wildman–Crippen LogP) is 1.94. The minimum atomic E-state index is 0.220. The van der Waals surface area contributed by atoms with E-state index in [4.69, 9.17) is 16.3 Å². The monoisotopic (exact) mass is 229 g/mol. The zero-order valence-electron chi connectivity index (χ0n) is 9.27. The molecule has 1 aromatic rings. The second-order valence-corrected chi connectivity index (χ2v) is 3.57. The van der Waals surface area contributed by atoms with Gasteiger partial charge >= 0.3 is 0 Å². The van der Waals surface area contributed by atoms with Crippen LogP contribution in [0.4, 0.5) is 5.82 Å². The predicted molar refractivity (Wildman–Crippen MR) is 61.8 cm³/mol. The summed E-state index contributed by atoms with van der Waals surface area (Å²) in [6.45, 7) is 4.54. The molecule has 5 heteroatoms. The van der Waals surface area contributed by atoms with Gasteiger partial charge in [0.25, 0.3) is 0 Å². The number of halogens is 1. The van der Waals surface area contributed by atoms with Crippen LogP contribution < -0.4 is 9.64 Å². The first kappa shape index (κ1) is 12.0. The van der Waals surface area contributed by atoms with Gasteiger partial charge in [0.15, 0.2) is 5.82 Å². The van der Waals surface area contributed by atoms with Gasteiger partial charge in [-0.2, -0.15) is 4.98 Å². The zero-order chi connectivity index (χ0) is 11.3. The van der Waals surface area contributed by atoms with Gasteiger partial charge in [0.2, 0.25) is 5.88 Å². The Balaban J connectivity index is 2.80. The summed E-state index contributed by atoms with van der Waals surface area (Å²) in [6.07, 6.45) is 3.30. The highest BCUT2D eigenvalue weighted by molar-refractivity contribution is 6.18. The van der Waals surface area contributed by atoms with Crippen LogP contribution in [0.25, 0.3) is 0 Å². The molecule has 1 atom stereocenters. The number of anilines is 1. The SMILES string of the molecule is CCOc1cncc(N(C)C(C)CCl)n1. The van der Waals surface area contributed by atoms with E-state index in [-0.39, 0.29) is 6.04 Å². The molecule has 0 bridgehead atoms. The molecule has 0 amide bonds. The molecule has 1 unspecified atom stereocenters. The van der Waals surface area contributed by atoms with Crippen molar-refractivity contribution in [2.75, 3.05) is 24.4 Å². The van der Waals surface area contributed by atoms with Gasteiger partial charge in [0.05, 0.1) is 19.0 Å². The van der Waals surface area contributed by atoms with Crippen molar-refractivity contribution in [1.82, 2.24) is 9.97 Å². The lowest BCUT2D eigenvalue weighted by atomic mass is 10.3. The number of nitrogens with zero attached hydrogens (tertiary/aromatic N) is 3. The van der Waals surface area contributed by atoms with Gasteiger partial charge in [-0.3, -0.25) is 4.98 Å². The standard InChI is InChI=1S/C10H16ClN3O/c1-4-15-10-7-12-6-9(13-10)14(3)8(2)5-11/h6-8H,4-5H2,1-3H3. The van der Waals surface area contributed by atoms with E-state index in [0.717, 1.165) is 5.82 Å². The van der Waals surface area contributed by atoms with Gasteiger partial charge in [-0.05, 0) is 13.8 Å². The molecule has 0 aliphatic carbocycles. The van der Waals surface area contributed by atoms with Crippen molar-refractivity contribution in [1.29, 1.82) is 0 Å². The van der Waals surface area contributed by atoms with Crippen molar-refractivity contribution < 1.29 is 4.74 Å². The summed E-state index contributed by atoms with van der Waals surface area (Å²) in [5.74, 6) is 1.87. The maximum atomic E-state index is 5.78. The zero-order valence-corrected chi connectivity index (χ0v) is 10.0. The summed E-state index contributed by atoms with van der Waals surface area (Å²) in [7, 11) is 1.94. The Morgan fingerprint density at radius 3 is 2.87 bits per heavy atom. The number of hydrogen-bond donors (Lipinski definition) is 0. The average Bonchev–Trinajstić information content (AvgIpc) is 2.28. The Morgan fingerprint density at radius 2 is 2.27 bits per heavy atom. The molecule has 84 valence electrons. The number of hydrogen-bond acceptors (Lipinski definition) is 4. The summed E-state index contributed by atoms with van der Waals surface area (Å²) >= 11 is 5.78. The summed E-state index contributed by atoms with van der Waals surface area (Å²) in [4.78, 5) is 10.4. The second kappa shape index (κ2) is 5.75. The molecule has 0 aromatic carbocycles. The van der Waals surface area contributed by atoms with Crippen LogP contribution in [0.1, 0.15) is 13.8 Å². The number of rotatable bonds is 5. The van der Waals surface area contributed by atoms with E-state index in [1.807, 2.05) is 25.8 Å². The summed E-state index contributed by atoms with van der Waals surface area (Å²) in [5.41, 5.74) is 0. The van der Waals surface area contributed by atoms with Crippen LogP contribution in [0.5, 0.6) is 5.88 Å². The fraction of sp³-hybridized carbons (Fsp3) is 0.600. The van der Waals surface area contributed by atoms with E-state index in [1.54, 1.807) is 12.4 Å². The third kappa shape index (κ3) is 3.23. The van der Waals surface area contributed by atoms with Gasteiger partial charge in [0.1, 0.15) is 0 Å². The maximum absolute atomic E-state index is 5.78. The molecule has 0 saturated carbocycles. The number of alkyl halides is 1. The fourth-order valence-corrected chi connectivity index (χ4v) is 1.26. The average molecular weight is 230 g/mol. The van der Waals surface area contributed by atoms with Gasteiger partial charge in [0, 0.05) is 19.0 Å². The first-order chi connectivity index (χ1) is 7.19. The minimum Gasteiger partial charge on any atom is -0.477 e. The molecular weight excluding hydrogens is 214 g/mol. The van der Waals surface area contributed by atoms with Crippen molar-refractivity contribution in [2.24, 2.45) is 0 Å². The smallest absolute Gasteiger partial charge is 0.234 e. The number of ether oxygens (including phenoxy) is 1. The van der Waals surface area contributed by atoms with Gasteiger partial charge in [-0.15, -0.1) is 11.6 Å². The van der Waals surface area contributed by atoms with E-state index >= 15 is 0 Å². The fourth-order valence-electron chi connectivity index (χ4n) is 1.06. The Kier molecular flexibility index (Phi) is 4.62. The van der Waals surface area contributed by atoms with Gasteiger partial charge in [-0.1, -0.05) is 0 Å². The topological polar surface area (TPSA) is 38.2 Å². The lowest BCUT2D eigenvalue weighted by Crippen LogP contribution is -2.31. The Morgan fingerprint density at radius 1 is 1.53 bits per heavy atom. The van der Waals surface area contributed by atoms with Crippen LogP contribution in [-0.2, 0) is 0 Å². The first-order valence-corrected chi connectivity index (χ1v) is 5.46.